The number of aliphatic hydroxyl groups is 1. The summed E-state index contributed by atoms with van der Waals surface area (Å²) in [7, 11) is 0. The molecule has 3 rings (SSSR count). The first-order chi connectivity index (χ1) is 10.7. The van der Waals surface area contributed by atoms with Gasteiger partial charge in [-0.15, -0.1) is 11.3 Å². The van der Waals surface area contributed by atoms with Gasteiger partial charge in [-0.1, -0.05) is 0 Å². The van der Waals surface area contributed by atoms with Crippen molar-refractivity contribution in [1.29, 1.82) is 0 Å². The molecule has 0 radical (unpaired) electrons. The van der Waals surface area contributed by atoms with Crippen LogP contribution in [-0.2, 0) is 0 Å². The van der Waals surface area contributed by atoms with Crippen molar-refractivity contribution >= 4 is 33.3 Å². The van der Waals surface area contributed by atoms with Crippen LogP contribution in [0, 0.1) is 6.92 Å². The van der Waals surface area contributed by atoms with Crippen molar-refractivity contribution in [2.45, 2.75) is 32.7 Å². The van der Waals surface area contributed by atoms with Crippen LogP contribution in [0.5, 0.6) is 0 Å². The highest BCUT2D eigenvalue weighted by molar-refractivity contribution is 7.20. The van der Waals surface area contributed by atoms with Gasteiger partial charge in [-0.2, -0.15) is 0 Å². The first-order valence-electron chi connectivity index (χ1n) is 7.57. The molecule has 7 heteroatoms. The monoisotopic (exact) mass is 320 g/mol. The number of aromatic nitrogens is 2. The van der Waals surface area contributed by atoms with Gasteiger partial charge < -0.3 is 15.3 Å². The molecule has 1 aliphatic heterocycles. The summed E-state index contributed by atoms with van der Waals surface area (Å²) in [4.78, 5) is 24.7. The van der Waals surface area contributed by atoms with Crippen LogP contribution >= 0.6 is 11.3 Å². The Balaban J connectivity index is 2.02. The van der Waals surface area contributed by atoms with Crippen molar-refractivity contribution in [3.05, 3.63) is 16.8 Å². The van der Waals surface area contributed by atoms with E-state index in [4.69, 9.17) is 0 Å². The molecule has 3 heterocycles. The predicted octanol–water partition coefficient (Wildman–Crippen LogP) is 2.03. The van der Waals surface area contributed by atoms with E-state index in [9.17, 15) is 9.90 Å². The number of thiophene rings is 1. The number of hydrogen-bond donors (Lipinski definition) is 2. The Labute approximate surface area is 133 Å². The van der Waals surface area contributed by atoms with E-state index in [1.165, 1.54) is 17.7 Å². The van der Waals surface area contributed by atoms with Crippen LogP contribution in [-0.4, -0.2) is 51.6 Å². The van der Waals surface area contributed by atoms with E-state index < -0.39 is 0 Å². The maximum atomic E-state index is 12.8. The fraction of sp³-hybridized carbons (Fsp3) is 0.533. The number of aryl methyl sites for hydroxylation is 1. The van der Waals surface area contributed by atoms with Crippen molar-refractivity contribution in [2.24, 2.45) is 0 Å². The largest absolute Gasteiger partial charge is 0.394 e. The van der Waals surface area contributed by atoms with Gasteiger partial charge in [0, 0.05) is 13.1 Å². The second-order valence-electron chi connectivity index (χ2n) is 5.47. The average molecular weight is 320 g/mol. The van der Waals surface area contributed by atoms with E-state index >= 15 is 0 Å². The van der Waals surface area contributed by atoms with Crippen LogP contribution in [0.25, 0.3) is 10.2 Å². The fourth-order valence-electron chi connectivity index (χ4n) is 3.00. The number of aliphatic hydroxyl groups excluding tert-OH is 1. The zero-order valence-corrected chi connectivity index (χ0v) is 13.6. The van der Waals surface area contributed by atoms with E-state index in [1.807, 2.05) is 13.8 Å². The Kier molecular flexibility index (Phi) is 4.26. The molecule has 0 aliphatic carbocycles. The van der Waals surface area contributed by atoms with Crippen LogP contribution < -0.4 is 5.32 Å². The van der Waals surface area contributed by atoms with Gasteiger partial charge >= 0.3 is 0 Å². The third kappa shape index (κ3) is 2.44. The van der Waals surface area contributed by atoms with Gasteiger partial charge in [0.25, 0.3) is 5.91 Å². The maximum absolute atomic E-state index is 12.8. The lowest BCUT2D eigenvalue weighted by molar-refractivity contribution is 0.0682. The standard InChI is InChI=1S/C15H20N4O2S/c1-3-16-13-11-9(2)12(22-14(11)18-8-17-13)15(21)19-6-4-5-10(19)7-20/h8,10,20H,3-7H2,1-2H3,(H,16,17,18)/t10-/m0/s1. The number of anilines is 1. The van der Waals surface area contributed by atoms with Crippen molar-refractivity contribution in [1.82, 2.24) is 14.9 Å². The molecule has 118 valence electrons. The minimum Gasteiger partial charge on any atom is -0.394 e. The quantitative estimate of drug-likeness (QED) is 0.901. The van der Waals surface area contributed by atoms with Crippen molar-refractivity contribution in [2.75, 3.05) is 25.0 Å². The summed E-state index contributed by atoms with van der Waals surface area (Å²) < 4.78 is 0. The number of fused-ring (bicyclic) bond motifs is 1. The minimum absolute atomic E-state index is 0.000464. The lowest BCUT2D eigenvalue weighted by Crippen LogP contribution is -2.37. The molecule has 0 unspecified atom stereocenters. The summed E-state index contributed by atoms with van der Waals surface area (Å²) in [5, 5.41) is 13.6. The van der Waals surface area contributed by atoms with Gasteiger partial charge in [0.2, 0.25) is 0 Å². The predicted molar refractivity (Wildman–Crippen MR) is 87.5 cm³/mol. The van der Waals surface area contributed by atoms with E-state index in [0.717, 1.165) is 41.0 Å². The zero-order valence-electron chi connectivity index (χ0n) is 12.8. The van der Waals surface area contributed by atoms with Crippen LogP contribution in [0.3, 0.4) is 0 Å². The highest BCUT2D eigenvalue weighted by Crippen LogP contribution is 2.35. The van der Waals surface area contributed by atoms with Crippen molar-refractivity contribution in [3.63, 3.8) is 0 Å². The smallest absolute Gasteiger partial charge is 0.264 e. The van der Waals surface area contributed by atoms with Gasteiger partial charge in [-0.25, -0.2) is 9.97 Å². The fourth-order valence-corrected chi connectivity index (χ4v) is 4.11. The van der Waals surface area contributed by atoms with Crippen LogP contribution in [0.2, 0.25) is 0 Å². The maximum Gasteiger partial charge on any atom is 0.264 e. The molecule has 0 spiro atoms. The van der Waals surface area contributed by atoms with E-state index in [1.54, 1.807) is 4.90 Å². The van der Waals surface area contributed by atoms with E-state index in [0.29, 0.717) is 11.4 Å². The van der Waals surface area contributed by atoms with Gasteiger partial charge in [-0.3, -0.25) is 4.79 Å². The molecule has 0 saturated carbocycles. The summed E-state index contributed by atoms with van der Waals surface area (Å²) in [6, 6.07) is -0.0589. The Morgan fingerprint density at radius 3 is 3.09 bits per heavy atom. The number of nitrogens with one attached hydrogen (secondary N) is 1. The summed E-state index contributed by atoms with van der Waals surface area (Å²) in [6.07, 6.45) is 3.34. The highest BCUT2D eigenvalue weighted by atomic mass is 32.1. The average Bonchev–Trinajstić information content (AvgIpc) is 3.12. The molecule has 0 aromatic carbocycles. The molecule has 0 bridgehead atoms. The lowest BCUT2D eigenvalue weighted by Gasteiger charge is -2.22. The van der Waals surface area contributed by atoms with Crippen molar-refractivity contribution in [3.8, 4) is 0 Å². The topological polar surface area (TPSA) is 78.4 Å². The number of amides is 1. The summed E-state index contributed by atoms with van der Waals surface area (Å²) in [6.45, 7) is 5.46. The molecule has 1 aliphatic rings. The van der Waals surface area contributed by atoms with Gasteiger partial charge in [0.1, 0.15) is 17.0 Å². The number of rotatable bonds is 4. The van der Waals surface area contributed by atoms with E-state index in [-0.39, 0.29) is 18.6 Å². The third-order valence-electron chi connectivity index (χ3n) is 4.11. The first-order valence-corrected chi connectivity index (χ1v) is 8.38. The molecule has 6 nitrogen and oxygen atoms in total. The van der Waals surface area contributed by atoms with Crippen LogP contribution in [0.15, 0.2) is 6.33 Å². The molecule has 2 aromatic rings. The van der Waals surface area contributed by atoms with Gasteiger partial charge in [0.15, 0.2) is 0 Å². The van der Waals surface area contributed by atoms with E-state index in [2.05, 4.69) is 15.3 Å². The normalized spacial score (nSPS) is 18.1. The summed E-state index contributed by atoms with van der Waals surface area (Å²) >= 11 is 1.41. The molecule has 1 fully saturated rings. The molecular weight excluding hydrogens is 300 g/mol. The number of likely N-dealkylation sites (tertiary alicyclic amines) is 1. The number of hydrogen-bond acceptors (Lipinski definition) is 6. The van der Waals surface area contributed by atoms with Crippen molar-refractivity contribution < 1.29 is 9.90 Å². The molecule has 1 saturated heterocycles. The first kappa shape index (κ1) is 15.2. The summed E-state index contributed by atoms with van der Waals surface area (Å²) in [5.74, 6) is 0.778. The SMILES string of the molecule is CCNc1ncnc2sc(C(=O)N3CCC[C@H]3CO)c(C)c12. The highest BCUT2D eigenvalue weighted by Gasteiger charge is 2.31. The molecule has 2 N–H and O–H groups in total. The third-order valence-corrected chi connectivity index (χ3v) is 5.30. The second kappa shape index (κ2) is 6.18. The Hall–Kier alpha value is -1.73. The Bertz CT molecular complexity index is 700. The number of carbonyl (C=O) groups is 1. The number of carbonyl (C=O) groups excluding carboxylic acids is 1. The Morgan fingerprint density at radius 1 is 1.55 bits per heavy atom. The van der Waals surface area contributed by atoms with Crippen LogP contribution in [0.1, 0.15) is 35.0 Å². The zero-order chi connectivity index (χ0) is 15.7. The minimum atomic E-state index is -0.0589. The van der Waals surface area contributed by atoms with Gasteiger partial charge in [-0.05, 0) is 32.3 Å². The number of nitrogens with zero attached hydrogens (tertiary/aromatic N) is 3. The molecule has 22 heavy (non-hydrogen) atoms. The Morgan fingerprint density at radius 2 is 2.36 bits per heavy atom. The van der Waals surface area contributed by atoms with Gasteiger partial charge in [0.05, 0.1) is 22.9 Å². The molecular formula is C15H20N4O2S. The lowest BCUT2D eigenvalue weighted by atomic mass is 10.1. The van der Waals surface area contributed by atoms with Crippen LogP contribution in [0.4, 0.5) is 5.82 Å². The molecule has 1 amide bonds. The summed E-state index contributed by atoms with van der Waals surface area (Å²) in [5.41, 5.74) is 0.921. The second-order valence-corrected chi connectivity index (χ2v) is 6.47. The molecule has 2 aromatic heterocycles. The molecule has 1 atom stereocenters.